The maximum absolute atomic E-state index is 11.2. The summed E-state index contributed by atoms with van der Waals surface area (Å²) in [5.41, 5.74) is 2.44. The molecule has 3 aromatic rings. The molecule has 1 aliphatic rings. The quantitative estimate of drug-likeness (QED) is 0.349. The largest absolute Gasteiger partial charge is 1.00 e. The van der Waals surface area contributed by atoms with E-state index in [4.69, 9.17) is 0 Å². The Morgan fingerprint density at radius 3 is 2.60 bits per heavy atom. The number of benzene rings is 2. The average Bonchev–Trinajstić information content (AvgIpc) is 3.35. The molecule has 1 aromatic heterocycles. The van der Waals surface area contributed by atoms with E-state index < -0.39 is 0 Å². The van der Waals surface area contributed by atoms with Gasteiger partial charge < -0.3 is 5.11 Å². The van der Waals surface area contributed by atoms with Crippen molar-refractivity contribution in [3.8, 4) is 5.69 Å². The summed E-state index contributed by atoms with van der Waals surface area (Å²) in [6.07, 6.45) is 2.54. The first-order valence-electron chi connectivity index (χ1n) is 7.75. The first kappa shape index (κ1) is 19.0. The molecule has 1 saturated carbocycles. The molecule has 1 aliphatic carbocycles. The van der Waals surface area contributed by atoms with Crippen LogP contribution in [-0.2, 0) is 0 Å². The predicted molar refractivity (Wildman–Crippen MR) is 98.4 cm³/mol. The van der Waals surface area contributed by atoms with Crippen LogP contribution < -0.4 is 34.7 Å². The summed E-state index contributed by atoms with van der Waals surface area (Å²) < 4.78 is 2.58. The third-order valence-corrected chi connectivity index (χ3v) is 5.65. The topological polar surface area (TPSA) is 53.8 Å². The zero-order valence-electron chi connectivity index (χ0n) is 13.9. The van der Waals surface area contributed by atoms with Crippen molar-refractivity contribution in [2.75, 3.05) is 5.75 Å². The van der Waals surface area contributed by atoms with Gasteiger partial charge in [0.25, 0.3) is 0 Å². The number of hydrogen-bond acceptors (Lipinski definition) is 4. The van der Waals surface area contributed by atoms with Gasteiger partial charge in [-0.2, -0.15) is 0 Å². The minimum Gasteiger partial charge on any atom is -0.875 e. The minimum atomic E-state index is -0.125. The number of fused-ring (bicyclic) bond motifs is 1. The summed E-state index contributed by atoms with van der Waals surface area (Å²) in [4.78, 5) is 0. The smallest absolute Gasteiger partial charge is 0.875 e. The van der Waals surface area contributed by atoms with Crippen molar-refractivity contribution in [2.24, 2.45) is 0 Å². The van der Waals surface area contributed by atoms with Gasteiger partial charge in [-0.3, -0.25) is 4.57 Å². The molecule has 122 valence electrons. The Hall–Kier alpha value is -0.790. The number of nitrogens with zero attached hydrogens (tertiary/aromatic N) is 3. The van der Waals surface area contributed by atoms with Crippen LogP contribution in [0.2, 0.25) is 0 Å². The Labute approximate surface area is 181 Å². The Bertz CT molecular complexity index is 939. The molecule has 0 aliphatic heterocycles. The van der Waals surface area contributed by atoms with Gasteiger partial charge in [0.2, 0.25) is 4.73 Å². The average molecular weight is 424 g/mol. The normalized spacial score (nSPS) is 13.6. The van der Waals surface area contributed by atoms with Crippen LogP contribution in [-0.4, -0.2) is 20.5 Å². The van der Waals surface area contributed by atoms with Crippen molar-refractivity contribution in [1.82, 2.24) is 14.8 Å². The maximum Gasteiger partial charge on any atom is 1.00 e. The van der Waals surface area contributed by atoms with Crippen LogP contribution in [0.25, 0.3) is 16.5 Å². The molecule has 0 N–H and O–H groups in total. The van der Waals surface area contributed by atoms with Gasteiger partial charge in [-0.25, -0.2) is 0 Å². The van der Waals surface area contributed by atoms with Crippen molar-refractivity contribution in [1.29, 1.82) is 0 Å². The van der Waals surface area contributed by atoms with Crippen molar-refractivity contribution in [3.63, 3.8) is 0 Å². The first-order chi connectivity index (χ1) is 11.6. The Morgan fingerprint density at radius 2 is 1.92 bits per heavy atom. The molecular weight excluding hydrogens is 409 g/mol. The van der Waals surface area contributed by atoms with E-state index >= 15 is 0 Å². The van der Waals surface area contributed by atoms with Crippen molar-refractivity contribution in [3.05, 3.63) is 59.0 Å². The molecule has 0 saturated heterocycles. The molecule has 0 amide bonds. The van der Waals surface area contributed by atoms with Crippen LogP contribution in [0.15, 0.2) is 58.6 Å². The fourth-order valence-corrected chi connectivity index (χ4v) is 4.20. The molecule has 7 heteroatoms. The third-order valence-electron chi connectivity index (χ3n) is 4.15. The molecule has 0 atom stereocenters. The number of aromatic nitrogens is 3. The van der Waals surface area contributed by atoms with E-state index in [0.29, 0.717) is 15.8 Å². The van der Waals surface area contributed by atoms with Crippen LogP contribution in [0.3, 0.4) is 0 Å². The van der Waals surface area contributed by atoms with Gasteiger partial charge >= 0.3 is 29.6 Å². The van der Waals surface area contributed by atoms with Crippen LogP contribution >= 0.6 is 27.7 Å². The molecule has 4 nitrogen and oxygen atoms in total. The molecule has 0 bridgehead atoms. The summed E-state index contributed by atoms with van der Waals surface area (Å²) in [6, 6.07) is 12.8. The Morgan fingerprint density at radius 1 is 1.20 bits per heavy atom. The van der Waals surface area contributed by atoms with Crippen LogP contribution in [0.1, 0.15) is 24.3 Å². The Kier molecular flexibility index (Phi) is 5.96. The van der Waals surface area contributed by atoms with Crippen LogP contribution in [0, 0.1) is 0 Å². The molecule has 1 fully saturated rings. The fraction of sp³-hybridized carbons (Fsp3) is 0.222. The van der Waals surface area contributed by atoms with Crippen molar-refractivity contribution >= 4 is 38.5 Å². The molecular formula is C18H15BrN3NaOS. The molecule has 0 spiro atoms. The molecule has 0 radical (unpaired) electrons. The second-order valence-corrected chi connectivity index (χ2v) is 7.56. The SMILES string of the molecule is C=C([O-])CSc1nnc(Br)n1-c1ccc(C2CC2)c2ccccc12.[Na+]. The van der Waals surface area contributed by atoms with E-state index in [0.717, 1.165) is 5.69 Å². The molecule has 1 heterocycles. The van der Waals surface area contributed by atoms with E-state index in [1.807, 2.05) is 10.6 Å². The third kappa shape index (κ3) is 3.83. The first-order valence-corrected chi connectivity index (χ1v) is 9.53. The van der Waals surface area contributed by atoms with Gasteiger partial charge in [-0.1, -0.05) is 42.1 Å². The minimum absolute atomic E-state index is 0. The number of halogens is 1. The van der Waals surface area contributed by atoms with Crippen LogP contribution in [0.4, 0.5) is 0 Å². The Balaban J connectivity index is 0.00000182. The van der Waals surface area contributed by atoms with Gasteiger partial charge in [0.1, 0.15) is 0 Å². The number of thioether (sulfide) groups is 1. The summed E-state index contributed by atoms with van der Waals surface area (Å²) in [5.74, 6) is 0.842. The zero-order valence-corrected chi connectivity index (χ0v) is 18.3. The fourth-order valence-electron chi connectivity index (χ4n) is 2.95. The summed E-state index contributed by atoms with van der Waals surface area (Å²) in [5, 5.41) is 22.7. The molecule has 25 heavy (non-hydrogen) atoms. The van der Waals surface area contributed by atoms with Crippen molar-refractivity contribution < 1.29 is 34.7 Å². The predicted octanol–water partition coefficient (Wildman–Crippen LogP) is 1.03. The summed E-state index contributed by atoms with van der Waals surface area (Å²) in [6.45, 7) is 3.42. The molecule has 0 unspecified atom stereocenters. The van der Waals surface area contributed by atoms with Crippen molar-refractivity contribution in [2.45, 2.75) is 23.9 Å². The molecule has 2 aromatic carbocycles. The summed E-state index contributed by atoms with van der Waals surface area (Å²) >= 11 is 4.83. The maximum atomic E-state index is 11.2. The van der Waals surface area contributed by atoms with E-state index in [1.54, 1.807) is 0 Å². The van der Waals surface area contributed by atoms with Gasteiger partial charge in [-0.05, 0) is 51.7 Å². The second-order valence-electron chi connectivity index (χ2n) is 5.91. The van der Waals surface area contributed by atoms with Crippen LogP contribution in [0.5, 0.6) is 0 Å². The number of rotatable bonds is 5. The zero-order chi connectivity index (χ0) is 16.7. The molecule has 4 rings (SSSR count). The number of hydrogen-bond donors (Lipinski definition) is 0. The van der Waals surface area contributed by atoms with Gasteiger partial charge in [0.15, 0.2) is 5.16 Å². The standard InChI is InChI=1S/C18H16BrN3OS.Na/c1-11(23)10-24-18-21-20-17(19)22(18)16-9-8-13(12-6-7-12)14-4-2-3-5-15(14)16;/h2-5,8-9,12,23H,1,6-7,10H2;/q;+1/p-1. The summed E-state index contributed by atoms with van der Waals surface area (Å²) in [7, 11) is 0. The van der Waals surface area contributed by atoms with Gasteiger partial charge in [0.05, 0.1) is 5.69 Å². The van der Waals surface area contributed by atoms with Gasteiger partial charge in [-0.15, -0.1) is 22.5 Å². The van der Waals surface area contributed by atoms with E-state index in [-0.39, 0.29) is 41.1 Å². The monoisotopic (exact) mass is 423 g/mol. The van der Waals surface area contributed by atoms with Gasteiger partial charge in [0, 0.05) is 11.1 Å². The van der Waals surface area contributed by atoms with E-state index in [2.05, 4.69) is 63.0 Å². The second kappa shape index (κ2) is 7.84. The van der Waals surface area contributed by atoms with E-state index in [1.165, 1.54) is 40.9 Å². The van der Waals surface area contributed by atoms with E-state index in [9.17, 15) is 5.11 Å².